The molecule has 0 radical (unpaired) electrons. The number of fused-ring (bicyclic) bond motifs is 1. The van der Waals surface area contributed by atoms with E-state index in [9.17, 15) is 26.7 Å². The first-order chi connectivity index (χ1) is 8.64. The minimum absolute atomic E-state index is 0.217. The highest BCUT2D eigenvalue weighted by Gasteiger charge is 2.76. The van der Waals surface area contributed by atoms with Gasteiger partial charge in [-0.15, -0.1) is 0 Å². The lowest BCUT2D eigenvalue weighted by atomic mass is 9.67. The van der Waals surface area contributed by atoms with Gasteiger partial charge < -0.3 is 0 Å². The van der Waals surface area contributed by atoms with Crippen molar-refractivity contribution in [2.24, 2.45) is 0 Å². The topological polar surface area (TPSA) is 17.1 Å². The summed E-state index contributed by atoms with van der Waals surface area (Å²) < 4.78 is 69.7. The average molecular weight is 301 g/mol. The number of ketones is 1. The van der Waals surface area contributed by atoms with E-state index in [1.807, 2.05) is 0 Å². The molecule has 3 atom stereocenters. The summed E-state index contributed by atoms with van der Waals surface area (Å²) in [6.07, 6.45) is 0.925. The summed E-state index contributed by atoms with van der Waals surface area (Å²) in [7, 11) is 0. The number of alkyl halides is 4. The Morgan fingerprint density at radius 1 is 1.21 bits per heavy atom. The van der Waals surface area contributed by atoms with Crippen LogP contribution in [0.3, 0.4) is 0 Å². The Labute approximate surface area is 111 Å². The van der Waals surface area contributed by atoms with E-state index in [-0.39, 0.29) is 6.42 Å². The fourth-order valence-corrected chi connectivity index (χ4v) is 2.70. The highest BCUT2D eigenvalue weighted by Crippen LogP contribution is 2.60. The second-order valence-corrected chi connectivity index (χ2v) is 5.20. The van der Waals surface area contributed by atoms with E-state index in [4.69, 9.17) is 11.6 Å². The number of carbonyl (C=O) groups excluding carboxylic acids is 1. The van der Waals surface area contributed by atoms with Gasteiger partial charge in [-0.25, -0.2) is 22.0 Å². The molecule has 0 saturated carbocycles. The number of rotatable bonds is 3. The number of hydrogen-bond acceptors (Lipinski definition) is 1. The smallest absolute Gasteiger partial charge is 0.289 e. The van der Waals surface area contributed by atoms with Crippen LogP contribution in [0, 0.1) is 0 Å². The first-order valence-electron chi connectivity index (χ1n) is 5.73. The van der Waals surface area contributed by atoms with Crippen LogP contribution in [-0.2, 0) is 4.79 Å². The van der Waals surface area contributed by atoms with Crippen LogP contribution in [0.5, 0.6) is 0 Å². The van der Waals surface area contributed by atoms with Crippen LogP contribution in [0.4, 0.5) is 22.0 Å². The lowest BCUT2D eigenvalue weighted by molar-refractivity contribution is -0.145. The SMILES string of the molecule is CCCCC1=C[C@]2(F)C(=O)[C@](F)(Cl)[C@@]1(F)C(F)=C2F. The lowest BCUT2D eigenvalue weighted by Gasteiger charge is -2.46. The Kier molecular flexibility index (Phi) is 3.08. The fraction of sp³-hybridized carbons (Fsp3) is 0.583. The van der Waals surface area contributed by atoms with Crippen LogP contribution >= 0.6 is 11.6 Å². The Hall–Kier alpha value is -0.910. The largest absolute Gasteiger partial charge is 0.290 e. The summed E-state index contributed by atoms with van der Waals surface area (Å²) in [5.74, 6) is -6.71. The third kappa shape index (κ3) is 1.49. The molecule has 7 heteroatoms. The van der Waals surface area contributed by atoms with Crippen molar-refractivity contribution in [1.29, 1.82) is 0 Å². The van der Waals surface area contributed by atoms with E-state index in [0.29, 0.717) is 18.9 Å². The third-order valence-electron chi connectivity index (χ3n) is 3.48. The quantitative estimate of drug-likeness (QED) is 0.434. The maximum absolute atomic E-state index is 14.5. The molecule has 0 amide bonds. The molecule has 1 nitrogen and oxygen atoms in total. The van der Waals surface area contributed by atoms with Crippen LogP contribution in [0.25, 0.3) is 0 Å². The van der Waals surface area contributed by atoms with E-state index in [1.54, 1.807) is 6.92 Å². The molecule has 0 fully saturated rings. The number of unbranched alkanes of at least 4 members (excludes halogenated alkanes) is 1. The van der Waals surface area contributed by atoms with Gasteiger partial charge in [-0.3, -0.25) is 4.79 Å². The summed E-state index contributed by atoms with van der Waals surface area (Å²) in [6.45, 7) is 1.72. The molecule has 2 bridgehead atoms. The van der Waals surface area contributed by atoms with Gasteiger partial charge in [0.25, 0.3) is 5.13 Å². The first kappa shape index (κ1) is 14.5. The van der Waals surface area contributed by atoms with E-state index < -0.39 is 39.5 Å². The summed E-state index contributed by atoms with van der Waals surface area (Å²) in [6, 6.07) is 0. The predicted octanol–water partition coefficient (Wildman–Crippen LogP) is 4.17. The highest BCUT2D eigenvalue weighted by molar-refractivity contribution is 6.38. The molecule has 0 aliphatic heterocycles. The van der Waals surface area contributed by atoms with Crippen molar-refractivity contribution in [2.75, 3.05) is 0 Å². The molecule has 0 aromatic rings. The minimum atomic E-state index is -3.97. The molecular weight excluding hydrogens is 291 g/mol. The zero-order valence-electron chi connectivity index (χ0n) is 9.87. The Morgan fingerprint density at radius 2 is 1.79 bits per heavy atom. The van der Waals surface area contributed by atoms with Crippen LogP contribution in [0.15, 0.2) is 23.3 Å². The van der Waals surface area contributed by atoms with E-state index in [0.717, 1.165) is 0 Å². The fourth-order valence-electron chi connectivity index (χ4n) is 2.36. The number of Topliss-reactive ketones (excluding diaryl/α,β-unsaturated/α-hetero) is 1. The van der Waals surface area contributed by atoms with Gasteiger partial charge in [-0.1, -0.05) is 24.9 Å². The van der Waals surface area contributed by atoms with Crippen molar-refractivity contribution in [3.8, 4) is 0 Å². The highest BCUT2D eigenvalue weighted by atomic mass is 35.5. The Bertz CT molecular complexity index is 512. The lowest BCUT2D eigenvalue weighted by Crippen LogP contribution is -2.65. The molecular formula is C12H10ClF5O. The van der Waals surface area contributed by atoms with E-state index in [1.165, 1.54) is 0 Å². The molecule has 3 aliphatic carbocycles. The molecule has 0 spiro atoms. The second kappa shape index (κ2) is 4.04. The Morgan fingerprint density at radius 3 is 2.32 bits per heavy atom. The van der Waals surface area contributed by atoms with Crippen molar-refractivity contribution in [3.63, 3.8) is 0 Å². The molecule has 19 heavy (non-hydrogen) atoms. The number of carbonyl (C=O) groups is 1. The van der Waals surface area contributed by atoms with Crippen LogP contribution in [-0.4, -0.2) is 22.2 Å². The van der Waals surface area contributed by atoms with Crippen molar-refractivity contribution in [3.05, 3.63) is 23.3 Å². The normalized spacial score (nSPS) is 41.8. The molecule has 3 rings (SSSR count). The minimum Gasteiger partial charge on any atom is -0.290 e. The summed E-state index contributed by atoms with van der Waals surface area (Å²) in [5, 5.41) is -3.97. The summed E-state index contributed by atoms with van der Waals surface area (Å²) in [5.41, 5.74) is -8.09. The van der Waals surface area contributed by atoms with Crippen molar-refractivity contribution < 1.29 is 26.7 Å². The van der Waals surface area contributed by atoms with Gasteiger partial charge in [0.2, 0.25) is 17.1 Å². The molecule has 0 aromatic heterocycles. The van der Waals surface area contributed by atoms with Crippen molar-refractivity contribution >= 4 is 17.4 Å². The zero-order valence-corrected chi connectivity index (χ0v) is 10.6. The average Bonchev–Trinajstić information content (AvgIpc) is 2.36. The maximum atomic E-state index is 14.5. The maximum Gasteiger partial charge on any atom is 0.289 e. The van der Waals surface area contributed by atoms with E-state index >= 15 is 0 Å². The molecule has 0 saturated heterocycles. The molecule has 106 valence electrons. The third-order valence-corrected chi connectivity index (χ3v) is 3.91. The van der Waals surface area contributed by atoms with Gasteiger partial charge in [-0.2, -0.15) is 0 Å². The van der Waals surface area contributed by atoms with Crippen LogP contribution < -0.4 is 0 Å². The zero-order chi connectivity index (χ0) is 14.6. The van der Waals surface area contributed by atoms with Crippen LogP contribution in [0.1, 0.15) is 26.2 Å². The second-order valence-electron chi connectivity index (χ2n) is 4.67. The Balaban J connectivity index is 2.66. The van der Waals surface area contributed by atoms with Crippen molar-refractivity contribution in [1.82, 2.24) is 0 Å². The van der Waals surface area contributed by atoms with Gasteiger partial charge >= 0.3 is 0 Å². The first-order valence-corrected chi connectivity index (χ1v) is 6.10. The van der Waals surface area contributed by atoms with Gasteiger partial charge in [0.15, 0.2) is 11.7 Å². The van der Waals surface area contributed by atoms with Gasteiger partial charge in [0.1, 0.15) is 0 Å². The monoisotopic (exact) mass is 300 g/mol. The summed E-state index contributed by atoms with van der Waals surface area (Å²) >= 11 is 5.07. The molecule has 0 unspecified atom stereocenters. The van der Waals surface area contributed by atoms with Crippen LogP contribution in [0.2, 0.25) is 0 Å². The van der Waals surface area contributed by atoms with Crippen molar-refractivity contribution in [2.45, 2.75) is 42.7 Å². The van der Waals surface area contributed by atoms with Gasteiger partial charge in [0, 0.05) is 0 Å². The standard InChI is InChI=1S/C12H10ClF5O/c1-2-3-4-6-5-10(16)7(14)8(15)11(6,17)12(13,18)9(10)19/h5H,2-4H2,1H3/t10-,11+,12-/m1/s1. The van der Waals surface area contributed by atoms with Gasteiger partial charge in [0.05, 0.1) is 0 Å². The molecule has 0 heterocycles. The number of allylic oxidation sites excluding steroid dienone is 4. The number of halogens is 6. The number of hydrogen-bond donors (Lipinski definition) is 0. The molecule has 0 aromatic carbocycles. The molecule has 3 aliphatic rings. The molecule has 0 N–H and O–H groups in total. The summed E-state index contributed by atoms with van der Waals surface area (Å²) in [4.78, 5) is 11.4. The van der Waals surface area contributed by atoms with E-state index in [2.05, 4.69) is 0 Å². The van der Waals surface area contributed by atoms with Gasteiger partial charge in [-0.05, 0) is 24.5 Å². The predicted molar refractivity (Wildman–Crippen MR) is 59.2 cm³/mol.